The number of nitrogens with one attached hydrogen (secondary N) is 2. The molecule has 6 N–H and O–H groups in total. The summed E-state index contributed by atoms with van der Waals surface area (Å²) in [7, 11) is -9.96. The SMILES string of the molecule is CCCc1cc(-c2ccc(-c3c(S(=O)(=O)O)c(N=N)c(O)c4ccccc34)c(CCC)c2)ccc1-c1c(S(=O)(=O)O)c(N=N)c(O)c2ccccc12. The third-order valence-corrected chi connectivity index (χ3v) is 10.9. The van der Waals surface area contributed by atoms with Gasteiger partial charge in [-0.05, 0) is 57.0 Å². The molecule has 52 heavy (non-hydrogen) atoms. The molecule has 0 heterocycles. The molecule has 6 aromatic carbocycles. The van der Waals surface area contributed by atoms with Crippen molar-refractivity contribution in [3.63, 3.8) is 0 Å². The smallest absolute Gasteiger partial charge is 0.297 e. The second-order valence-electron chi connectivity index (χ2n) is 12.3. The van der Waals surface area contributed by atoms with Gasteiger partial charge in [-0.1, -0.05) is 112 Å². The fourth-order valence-electron chi connectivity index (χ4n) is 7.00. The lowest BCUT2D eigenvalue weighted by atomic mass is 9.87. The van der Waals surface area contributed by atoms with E-state index in [1.54, 1.807) is 72.8 Å². The quantitative estimate of drug-likeness (QED) is 0.0553. The van der Waals surface area contributed by atoms with Crippen LogP contribution < -0.4 is 0 Å². The lowest BCUT2D eigenvalue weighted by Gasteiger charge is -2.20. The van der Waals surface area contributed by atoms with Crippen molar-refractivity contribution in [1.29, 1.82) is 11.1 Å². The molecule has 0 aliphatic rings. The Kier molecular flexibility index (Phi) is 9.68. The summed E-state index contributed by atoms with van der Waals surface area (Å²) in [5.41, 5.74) is 18.3. The molecular formula is C38H34N4O8S2. The summed E-state index contributed by atoms with van der Waals surface area (Å²) in [5.74, 6) is -1.08. The summed E-state index contributed by atoms with van der Waals surface area (Å²) < 4.78 is 72.2. The number of phenolic OH excluding ortho intramolecular Hbond substituents is 2. The highest BCUT2D eigenvalue weighted by atomic mass is 32.2. The summed E-state index contributed by atoms with van der Waals surface area (Å²) in [5, 5.41) is 29.6. The molecule has 0 atom stereocenters. The first-order valence-electron chi connectivity index (χ1n) is 16.3. The van der Waals surface area contributed by atoms with Crippen molar-refractivity contribution in [2.24, 2.45) is 10.2 Å². The second kappa shape index (κ2) is 13.9. The largest absolute Gasteiger partial charge is 0.505 e. The highest BCUT2D eigenvalue weighted by Gasteiger charge is 2.31. The van der Waals surface area contributed by atoms with Gasteiger partial charge in [0.15, 0.2) is 11.5 Å². The van der Waals surface area contributed by atoms with Crippen LogP contribution >= 0.6 is 0 Å². The van der Waals surface area contributed by atoms with Crippen LogP contribution in [0.3, 0.4) is 0 Å². The number of nitrogens with zero attached hydrogens (tertiary/aromatic N) is 2. The van der Waals surface area contributed by atoms with Crippen LogP contribution in [0.2, 0.25) is 0 Å². The summed E-state index contributed by atoms with van der Waals surface area (Å²) in [6, 6.07) is 23.9. The Morgan fingerprint density at radius 1 is 0.558 bits per heavy atom. The number of fused-ring (bicyclic) bond motifs is 2. The molecule has 0 saturated heterocycles. The van der Waals surface area contributed by atoms with Crippen LogP contribution in [0.15, 0.2) is 105 Å². The minimum absolute atomic E-state index is 0.103. The number of rotatable bonds is 11. The van der Waals surface area contributed by atoms with E-state index in [-0.39, 0.29) is 21.9 Å². The molecule has 0 amide bonds. The fourth-order valence-corrected chi connectivity index (χ4v) is 8.73. The molecule has 0 radical (unpaired) electrons. The Hall–Kier alpha value is -5.54. The number of aryl methyl sites for hydroxylation is 2. The van der Waals surface area contributed by atoms with E-state index < -0.39 is 52.9 Å². The van der Waals surface area contributed by atoms with Crippen LogP contribution in [-0.4, -0.2) is 36.2 Å². The van der Waals surface area contributed by atoms with Crippen molar-refractivity contribution in [3.05, 3.63) is 96.1 Å². The Morgan fingerprint density at radius 3 is 1.21 bits per heavy atom. The van der Waals surface area contributed by atoms with Crippen LogP contribution in [0.4, 0.5) is 11.4 Å². The van der Waals surface area contributed by atoms with Crippen molar-refractivity contribution in [3.8, 4) is 44.9 Å². The van der Waals surface area contributed by atoms with E-state index in [0.29, 0.717) is 47.6 Å². The zero-order valence-electron chi connectivity index (χ0n) is 28.0. The number of phenols is 2. The van der Waals surface area contributed by atoms with E-state index in [9.17, 15) is 36.2 Å². The highest BCUT2D eigenvalue weighted by molar-refractivity contribution is 7.86. The van der Waals surface area contributed by atoms with Gasteiger partial charge in [0.1, 0.15) is 21.2 Å². The fraction of sp³-hybridized carbons (Fsp3) is 0.158. The molecule has 6 aromatic rings. The molecule has 0 bridgehead atoms. The zero-order chi connectivity index (χ0) is 37.5. The maximum absolute atomic E-state index is 12.9. The van der Waals surface area contributed by atoms with Gasteiger partial charge in [0, 0.05) is 21.9 Å². The van der Waals surface area contributed by atoms with Crippen molar-refractivity contribution < 1.29 is 36.2 Å². The lowest BCUT2D eigenvalue weighted by Crippen LogP contribution is -2.05. The van der Waals surface area contributed by atoms with E-state index in [1.807, 2.05) is 26.0 Å². The minimum atomic E-state index is -4.98. The average Bonchev–Trinajstić information content (AvgIpc) is 3.11. The first-order chi connectivity index (χ1) is 24.8. The first-order valence-corrected chi connectivity index (χ1v) is 19.2. The number of hydrogen-bond acceptors (Lipinski definition) is 10. The molecule has 0 aliphatic carbocycles. The maximum Gasteiger partial charge on any atom is 0.297 e. The molecule has 0 fully saturated rings. The number of aromatic hydroxyl groups is 2. The zero-order valence-corrected chi connectivity index (χ0v) is 29.7. The third-order valence-electron chi connectivity index (χ3n) is 9.10. The summed E-state index contributed by atoms with van der Waals surface area (Å²) in [4.78, 5) is -1.35. The molecule has 14 heteroatoms. The van der Waals surface area contributed by atoms with E-state index >= 15 is 0 Å². The standard InChI is InChI=1S/C38H34N4O8S2/c1-3-9-23-19-21(15-17-25(23)31-27-11-5-7-13-29(27)35(43)33(41-39)37(31)51(45,46)47)22-16-18-26(24(20-22)10-4-2)32-28-12-6-8-14-30(28)36(44)34(42-40)38(32)52(48,49)50/h5-8,11-20,39-40,43-44H,3-4,9-10H2,1-2H3,(H,45,46,47)(H,48,49,50). The van der Waals surface area contributed by atoms with E-state index in [0.717, 1.165) is 22.3 Å². The minimum Gasteiger partial charge on any atom is -0.505 e. The second-order valence-corrected chi connectivity index (χ2v) is 15.0. The lowest BCUT2D eigenvalue weighted by molar-refractivity contribution is 0.472. The third kappa shape index (κ3) is 6.19. The predicted octanol–water partition coefficient (Wildman–Crippen LogP) is 10.1. The molecule has 0 spiro atoms. The Bertz CT molecular complexity index is 2490. The van der Waals surface area contributed by atoms with Crippen LogP contribution in [0.5, 0.6) is 11.5 Å². The summed E-state index contributed by atoms with van der Waals surface area (Å²) in [6.45, 7) is 3.92. The normalized spacial score (nSPS) is 12.0. The van der Waals surface area contributed by atoms with Gasteiger partial charge in [-0.15, -0.1) is 0 Å². The van der Waals surface area contributed by atoms with E-state index in [2.05, 4.69) is 10.2 Å². The molecular weight excluding hydrogens is 705 g/mol. The monoisotopic (exact) mass is 738 g/mol. The number of benzene rings is 6. The molecule has 12 nitrogen and oxygen atoms in total. The molecule has 0 aliphatic heterocycles. The topological polar surface area (TPSA) is 222 Å². The Balaban J connectivity index is 1.62. The van der Waals surface area contributed by atoms with Crippen LogP contribution in [0.1, 0.15) is 37.8 Å². The van der Waals surface area contributed by atoms with Gasteiger partial charge in [0.2, 0.25) is 0 Å². The van der Waals surface area contributed by atoms with Gasteiger partial charge in [0.05, 0.1) is 0 Å². The maximum atomic E-state index is 12.9. The van der Waals surface area contributed by atoms with Crippen LogP contribution in [0, 0.1) is 11.1 Å². The van der Waals surface area contributed by atoms with Gasteiger partial charge >= 0.3 is 0 Å². The molecule has 0 saturated carbocycles. The van der Waals surface area contributed by atoms with Crippen LogP contribution in [0.25, 0.3) is 54.9 Å². The Morgan fingerprint density at radius 2 is 0.904 bits per heavy atom. The average molecular weight is 739 g/mol. The van der Waals surface area contributed by atoms with E-state index in [4.69, 9.17) is 11.1 Å². The van der Waals surface area contributed by atoms with Gasteiger partial charge in [-0.3, -0.25) is 9.11 Å². The summed E-state index contributed by atoms with van der Waals surface area (Å²) >= 11 is 0. The van der Waals surface area contributed by atoms with Crippen molar-refractivity contribution in [2.75, 3.05) is 0 Å². The van der Waals surface area contributed by atoms with Crippen molar-refractivity contribution >= 4 is 53.2 Å². The Labute approximate surface area is 299 Å². The van der Waals surface area contributed by atoms with Crippen molar-refractivity contribution in [1.82, 2.24) is 0 Å². The van der Waals surface area contributed by atoms with Gasteiger partial charge in [-0.2, -0.15) is 27.1 Å². The first kappa shape index (κ1) is 36.3. The number of hydrogen-bond donors (Lipinski definition) is 6. The van der Waals surface area contributed by atoms with Crippen LogP contribution in [-0.2, 0) is 33.1 Å². The molecule has 266 valence electrons. The molecule has 0 unspecified atom stereocenters. The highest BCUT2D eigenvalue weighted by Crippen LogP contribution is 2.50. The molecule has 0 aromatic heterocycles. The van der Waals surface area contributed by atoms with Crippen molar-refractivity contribution in [2.45, 2.75) is 49.3 Å². The van der Waals surface area contributed by atoms with E-state index in [1.165, 1.54) is 0 Å². The van der Waals surface area contributed by atoms with Gasteiger partial charge < -0.3 is 10.2 Å². The van der Waals surface area contributed by atoms with Gasteiger partial charge in [0.25, 0.3) is 20.2 Å². The predicted molar refractivity (Wildman–Crippen MR) is 198 cm³/mol. The van der Waals surface area contributed by atoms with Gasteiger partial charge in [-0.25, -0.2) is 11.1 Å². The molecule has 6 rings (SSSR count). The summed E-state index contributed by atoms with van der Waals surface area (Å²) in [6.07, 6.45) is 2.32.